The predicted octanol–water partition coefficient (Wildman–Crippen LogP) is 6.57. The Hall–Kier alpha value is -6.80. The molecule has 2 atom stereocenters. The maximum absolute atomic E-state index is 11.2. The van der Waals surface area contributed by atoms with Gasteiger partial charge in [-0.3, -0.25) is 25.0 Å². The third-order valence-electron chi connectivity index (χ3n) is 7.85. The van der Waals surface area contributed by atoms with Crippen molar-refractivity contribution in [3.63, 3.8) is 0 Å². The molecule has 0 saturated heterocycles. The number of nitro groups is 2. The lowest BCUT2D eigenvalue weighted by Crippen LogP contribution is -2.32. The molecule has 14 heteroatoms. The van der Waals surface area contributed by atoms with Crippen LogP contribution in [-0.4, -0.2) is 59.0 Å². The monoisotopic (exact) mass is 678 g/mol. The number of non-ortho nitro benzene ring substituents is 1. The van der Waals surface area contributed by atoms with E-state index >= 15 is 0 Å². The number of nitro benzene ring substituents is 1. The number of carboxylic acids is 2. The Bertz CT molecular complexity index is 2230. The Morgan fingerprint density at radius 1 is 0.760 bits per heavy atom. The largest absolute Gasteiger partial charge is 0.480 e. The van der Waals surface area contributed by atoms with Crippen LogP contribution in [0.15, 0.2) is 92.9 Å². The van der Waals surface area contributed by atoms with Gasteiger partial charge >= 0.3 is 18.0 Å². The lowest BCUT2D eigenvalue weighted by Gasteiger charge is -2.04. The predicted molar refractivity (Wildman–Crippen MR) is 193 cm³/mol. The summed E-state index contributed by atoms with van der Waals surface area (Å²) in [6.07, 6.45) is 10.0. The first-order chi connectivity index (χ1) is 23.9. The number of hydrogen-bond acceptors (Lipinski definition) is 7. The number of rotatable bonds is 11. The number of aromatic amines is 3. The highest BCUT2D eigenvalue weighted by Crippen LogP contribution is 2.31. The average Bonchev–Trinajstić information content (AvgIpc) is 3.84. The van der Waals surface area contributed by atoms with Crippen LogP contribution in [0, 0.1) is 20.2 Å². The van der Waals surface area contributed by atoms with Gasteiger partial charge in [-0.15, -0.1) is 0 Å². The van der Waals surface area contributed by atoms with Crippen LogP contribution >= 0.6 is 0 Å². The molecule has 256 valence electrons. The van der Waals surface area contributed by atoms with Gasteiger partial charge in [0.2, 0.25) is 0 Å². The number of nitrogens with one attached hydrogen (secondary N) is 3. The minimum absolute atomic E-state index is 0.170. The van der Waals surface area contributed by atoms with E-state index in [0.29, 0.717) is 17.5 Å². The maximum Gasteiger partial charge on any atom is 0.379 e. The first kappa shape index (κ1) is 36.0. The summed E-state index contributed by atoms with van der Waals surface area (Å²) in [4.78, 5) is 51.1. The number of aliphatic carboxylic acids is 2. The van der Waals surface area contributed by atoms with E-state index in [9.17, 15) is 29.8 Å². The number of nitrogens with zero attached hydrogens (tertiary/aromatic N) is 2. The summed E-state index contributed by atoms with van der Waals surface area (Å²) < 4.78 is 0. The molecule has 0 amide bonds. The standard InChI is InChI=1S/C13H11N3O6.C13H14N2O2.C10H9N/c1-2-7-3-9-12(10(4-7)15(19)20)8(6-14-9)5-11(13(17)18)16(21)22;1-2-8-3-4-10-9(6-11(14)13(16)17)7-15-12(10)5-8;1-2-8-3-4-9-5-6-11-10(9)7-8/h2-4,6,11,14H,1,5H2,(H,17,18);2-5,7,11,15H,1,6,14H2,(H,16,17);2-7,11H,1H2. The summed E-state index contributed by atoms with van der Waals surface area (Å²) in [6, 6.07) is 14.3. The van der Waals surface area contributed by atoms with E-state index in [-0.39, 0.29) is 16.6 Å². The molecule has 0 radical (unpaired) electrons. The normalized spacial score (nSPS) is 11.8. The maximum atomic E-state index is 11.2. The molecule has 14 nitrogen and oxygen atoms in total. The quantitative estimate of drug-likeness (QED) is 0.0641. The molecule has 3 heterocycles. The second kappa shape index (κ2) is 15.9. The first-order valence-corrected chi connectivity index (χ1v) is 15.0. The number of carboxylic acid groups (broad SMARTS) is 2. The summed E-state index contributed by atoms with van der Waals surface area (Å²) in [5.74, 6) is -2.58. The fourth-order valence-electron chi connectivity index (χ4n) is 5.24. The molecule has 6 rings (SSSR count). The number of hydrogen-bond donors (Lipinski definition) is 6. The van der Waals surface area contributed by atoms with Crippen LogP contribution in [0.5, 0.6) is 0 Å². The zero-order valence-corrected chi connectivity index (χ0v) is 26.7. The van der Waals surface area contributed by atoms with Crippen LogP contribution in [0.3, 0.4) is 0 Å². The van der Waals surface area contributed by atoms with Gasteiger partial charge in [0.25, 0.3) is 5.69 Å². The molecule has 3 aromatic carbocycles. The summed E-state index contributed by atoms with van der Waals surface area (Å²) >= 11 is 0. The third-order valence-corrected chi connectivity index (χ3v) is 7.85. The molecule has 0 aliphatic carbocycles. The highest BCUT2D eigenvalue weighted by Gasteiger charge is 2.32. The summed E-state index contributed by atoms with van der Waals surface area (Å²) in [6.45, 7) is 10.9. The van der Waals surface area contributed by atoms with E-state index in [2.05, 4.69) is 59.0 Å². The SMILES string of the molecule is C=Cc1cc([N+](=O)[O-])c2c(CC(C(=O)O)[N+](=O)[O-])c[nH]c2c1.C=Cc1ccc2c(CC(N)C(=O)O)c[nH]c2c1.C=Cc1ccc2cc[nH]c2c1. The van der Waals surface area contributed by atoms with Crippen molar-refractivity contribution in [3.05, 3.63) is 141 Å². The van der Waals surface area contributed by atoms with Crippen LogP contribution < -0.4 is 5.73 Å². The van der Waals surface area contributed by atoms with Crippen molar-refractivity contribution in [1.82, 2.24) is 15.0 Å². The molecule has 0 aliphatic heterocycles. The fourth-order valence-corrected chi connectivity index (χ4v) is 5.24. The van der Waals surface area contributed by atoms with E-state index in [0.717, 1.165) is 27.6 Å². The van der Waals surface area contributed by atoms with Gasteiger partial charge in [0.1, 0.15) is 6.04 Å². The van der Waals surface area contributed by atoms with Crippen molar-refractivity contribution in [3.8, 4) is 0 Å². The molecule has 0 fully saturated rings. The molecular weight excluding hydrogens is 644 g/mol. The van der Waals surface area contributed by atoms with Gasteiger partial charge in [-0.25, -0.2) is 4.79 Å². The van der Waals surface area contributed by atoms with E-state index in [1.165, 1.54) is 29.2 Å². The van der Waals surface area contributed by atoms with E-state index in [4.69, 9.17) is 15.9 Å². The molecule has 7 N–H and O–H groups in total. The molecule has 0 bridgehead atoms. The van der Waals surface area contributed by atoms with Gasteiger partial charge in [0.05, 0.1) is 22.2 Å². The molecule has 0 aliphatic rings. The summed E-state index contributed by atoms with van der Waals surface area (Å²) in [7, 11) is 0. The first-order valence-electron chi connectivity index (χ1n) is 15.0. The van der Waals surface area contributed by atoms with E-state index in [1.807, 2.05) is 30.5 Å². The average molecular weight is 679 g/mol. The molecule has 0 spiro atoms. The van der Waals surface area contributed by atoms with Crippen LogP contribution in [0.4, 0.5) is 5.69 Å². The zero-order chi connectivity index (χ0) is 36.5. The molecule has 2 unspecified atom stereocenters. The highest BCUT2D eigenvalue weighted by atomic mass is 16.6. The van der Waals surface area contributed by atoms with Gasteiger partial charge < -0.3 is 30.9 Å². The highest BCUT2D eigenvalue weighted by molar-refractivity contribution is 5.94. The number of carbonyl (C=O) groups is 2. The van der Waals surface area contributed by atoms with Crippen molar-refractivity contribution in [1.29, 1.82) is 0 Å². The third kappa shape index (κ3) is 8.37. The van der Waals surface area contributed by atoms with Crippen molar-refractivity contribution in [2.45, 2.75) is 24.9 Å². The molecule has 50 heavy (non-hydrogen) atoms. The Balaban J connectivity index is 0.000000178. The number of nitrogens with two attached hydrogens (primary N) is 1. The molecule has 6 aromatic rings. The Kier molecular flexibility index (Phi) is 11.4. The van der Waals surface area contributed by atoms with Crippen molar-refractivity contribution in [2.75, 3.05) is 0 Å². The van der Waals surface area contributed by atoms with Crippen LogP contribution in [0.2, 0.25) is 0 Å². The second-order valence-corrected chi connectivity index (χ2v) is 11.1. The topological polar surface area (TPSA) is 234 Å². The van der Waals surface area contributed by atoms with Crippen molar-refractivity contribution < 1.29 is 29.6 Å². The van der Waals surface area contributed by atoms with E-state index < -0.39 is 40.3 Å². The lowest BCUT2D eigenvalue weighted by atomic mass is 10.0. The second-order valence-electron chi connectivity index (χ2n) is 11.1. The smallest absolute Gasteiger partial charge is 0.379 e. The number of fused-ring (bicyclic) bond motifs is 3. The minimum atomic E-state index is -1.86. The molecular formula is C36H34N6O8. The zero-order valence-electron chi connectivity index (χ0n) is 26.7. The molecule has 3 aromatic heterocycles. The number of aromatic nitrogens is 3. The van der Waals surface area contributed by atoms with Gasteiger partial charge in [0.15, 0.2) is 0 Å². The molecule has 0 saturated carbocycles. The number of H-pyrrole nitrogens is 3. The van der Waals surface area contributed by atoms with Gasteiger partial charge in [-0.1, -0.05) is 62.2 Å². The minimum Gasteiger partial charge on any atom is -0.480 e. The van der Waals surface area contributed by atoms with Gasteiger partial charge in [-0.05, 0) is 57.5 Å². The number of benzene rings is 3. The Morgan fingerprint density at radius 3 is 1.96 bits per heavy atom. The lowest BCUT2D eigenvalue weighted by molar-refractivity contribution is -0.509. The Labute approximate surface area is 284 Å². The van der Waals surface area contributed by atoms with Gasteiger partial charge in [0, 0.05) is 52.4 Å². The van der Waals surface area contributed by atoms with Crippen molar-refractivity contribution >= 4 is 68.6 Å². The summed E-state index contributed by atoms with van der Waals surface area (Å²) in [5.41, 5.74) is 11.6. The Morgan fingerprint density at radius 2 is 1.36 bits per heavy atom. The van der Waals surface area contributed by atoms with Gasteiger partial charge in [-0.2, -0.15) is 0 Å². The van der Waals surface area contributed by atoms with Crippen LogP contribution in [0.1, 0.15) is 27.8 Å². The van der Waals surface area contributed by atoms with E-state index in [1.54, 1.807) is 18.3 Å². The van der Waals surface area contributed by atoms with Crippen LogP contribution in [0.25, 0.3) is 50.9 Å². The fraction of sp³-hybridized carbons (Fsp3) is 0.111. The van der Waals surface area contributed by atoms with Crippen molar-refractivity contribution in [2.24, 2.45) is 5.73 Å². The van der Waals surface area contributed by atoms with Crippen LogP contribution in [-0.2, 0) is 22.4 Å². The summed E-state index contributed by atoms with van der Waals surface area (Å²) in [5, 5.41) is 42.1.